The van der Waals surface area contributed by atoms with Crippen LogP contribution in [-0.2, 0) is 22.1 Å². The van der Waals surface area contributed by atoms with Gasteiger partial charge in [-0.1, -0.05) is 70.8 Å². The number of hydrogen-bond acceptors (Lipinski definition) is 3. The number of aromatic hydroxyl groups is 1. The minimum Gasteiger partial charge on any atom is -0.508 e. The average molecular weight is 372 g/mol. The molecule has 0 atom stereocenters. The Balaban J connectivity index is 2.19. The normalized spacial score (nSPS) is 11.8. The van der Waals surface area contributed by atoms with Crippen molar-refractivity contribution in [2.75, 3.05) is 0 Å². The van der Waals surface area contributed by atoms with Crippen LogP contribution < -0.4 is 0 Å². The molecule has 0 saturated carbocycles. The standard InChI is InChI=1S/C19H33O5P/c1-2-3-4-5-6-7-8-9-10-11-12-17-13-14-19(20)18(15-17)16-24-25(21,22)23/h13-15,20H,2-12,16H2,1H3,(H2,21,22,23). The summed E-state index contributed by atoms with van der Waals surface area (Å²) in [6.07, 6.45) is 13.8. The van der Waals surface area contributed by atoms with Gasteiger partial charge in [0.15, 0.2) is 0 Å². The second-order valence-corrected chi connectivity index (χ2v) is 7.90. The van der Waals surface area contributed by atoms with E-state index in [1.807, 2.05) is 6.07 Å². The van der Waals surface area contributed by atoms with Gasteiger partial charge in [0.25, 0.3) is 0 Å². The van der Waals surface area contributed by atoms with Crippen molar-refractivity contribution in [2.24, 2.45) is 0 Å². The van der Waals surface area contributed by atoms with E-state index in [2.05, 4.69) is 11.4 Å². The van der Waals surface area contributed by atoms with E-state index in [1.54, 1.807) is 12.1 Å². The molecule has 1 rings (SSSR count). The van der Waals surface area contributed by atoms with E-state index < -0.39 is 7.82 Å². The highest BCUT2D eigenvalue weighted by molar-refractivity contribution is 7.46. The molecule has 0 bridgehead atoms. The number of aryl methyl sites for hydroxylation is 1. The minimum absolute atomic E-state index is 0.000253. The second-order valence-electron chi connectivity index (χ2n) is 6.66. The summed E-state index contributed by atoms with van der Waals surface area (Å²) in [7, 11) is -4.52. The lowest BCUT2D eigenvalue weighted by Crippen LogP contribution is -1.94. The van der Waals surface area contributed by atoms with Crippen LogP contribution in [0, 0.1) is 0 Å². The molecular formula is C19H33O5P. The number of benzene rings is 1. The van der Waals surface area contributed by atoms with Crippen molar-refractivity contribution in [3.8, 4) is 5.75 Å². The Kier molecular flexibility index (Phi) is 11.1. The number of phosphoric acid groups is 1. The lowest BCUT2D eigenvalue weighted by atomic mass is 10.0. The third-order valence-electron chi connectivity index (χ3n) is 4.35. The van der Waals surface area contributed by atoms with Crippen molar-refractivity contribution in [3.63, 3.8) is 0 Å². The summed E-state index contributed by atoms with van der Waals surface area (Å²) in [6, 6.07) is 5.17. The zero-order valence-electron chi connectivity index (χ0n) is 15.3. The molecule has 0 amide bonds. The highest BCUT2D eigenvalue weighted by atomic mass is 31.2. The molecule has 0 unspecified atom stereocenters. The Hall–Kier alpha value is -0.870. The van der Waals surface area contributed by atoms with Gasteiger partial charge in [0.05, 0.1) is 6.61 Å². The predicted molar refractivity (Wildman–Crippen MR) is 100 cm³/mol. The molecule has 0 saturated heterocycles. The molecule has 25 heavy (non-hydrogen) atoms. The van der Waals surface area contributed by atoms with Gasteiger partial charge < -0.3 is 14.9 Å². The van der Waals surface area contributed by atoms with Gasteiger partial charge in [0.2, 0.25) is 0 Å². The predicted octanol–water partition coefficient (Wildman–Crippen LogP) is 5.46. The first-order valence-electron chi connectivity index (χ1n) is 9.43. The van der Waals surface area contributed by atoms with Crippen LogP contribution in [0.4, 0.5) is 0 Å². The van der Waals surface area contributed by atoms with Crippen molar-refractivity contribution in [3.05, 3.63) is 29.3 Å². The molecule has 0 aliphatic rings. The van der Waals surface area contributed by atoms with Gasteiger partial charge in [-0.05, 0) is 30.5 Å². The summed E-state index contributed by atoms with van der Waals surface area (Å²) >= 11 is 0. The maximum atomic E-state index is 10.8. The quantitative estimate of drug-likeness (QED) is 0.298. The molecule has 144 valence electrons. The van der Waals surface area contributed by atoms with Crippen molar-refractivity contribution < 1.29 is 24.0 Å². The van der Waals surface area contributed by atoms with Crippen LogP contribution in [0.1, 0.15) is 82.3 Å². The maximum absolute atomic E-state index is 10.8. The van der Waals surface area contributed by atoms with E-state index >= 15 is 0 Å². The van der Waals surface area contributed by atoms with Gasteiger partial charge in [-0.25, -0.2) is 4.57 Å². The Morgan fingerprint density at radius 2 is 1.48 bits per heavy atom. The van der Waals surface area contributed by atoms with Gasteiger partial charge in [0.1, 0.15) is 5.75 Å². The van der Waals surface area contributed by atoms with Gasteiger partial charge in [-0.3, -0.25) is 4.52 Å². The summed E-state index contributed by atoms with van der Waals surface area (Å²) in [5, 5.41) is 9.74. The lowest BCUT2D eigenvalue weighted by molar-refractivity contribution is 0.187. The van der Waals surface area contributed by atoms with Crippen LogP contribution >= 0.6 is 7.82 Å². The van der Waals surface area contributed by atoms with E-state index in [0.29, 0.717) is 5.56 Å². The Labute approximate surface area is 151 Å². The zero-order valence-corrected chi connectivity index (χ0v) is 16.2. The van der Waals surface area contributed by atoms with Gasteiger partial charge in [0, 0.05) is 5.56 Å². The van der Waals surface area contributed by atoms with E-state index in [9.17, 15) is 9.67 Å². The van der Waals surface area contributed by atoms with Crippen LogP contribution in [-0.4, -0.2) is 14.9 Å². The fraction of sp³-hybridized carbons (Fsp3) is 0.684. The van der Waals surface area contributed by atoms with Crippen LogP contribution in [0.15, 0.2) is 18.2 Å². The first-order chi connectivity index (χ1) is 11.9. The number of phosphoric ester groups is 1. The maximum Gasteiger partial charge on any atom is 0.469 e. The van der Waals surface area contributed by atoms with Crippen molar-refractivity contribution >= 4 is 7.82 Å². The summed E-state index contributed by atoms with van der Waals surface area (Å²) in [4.78, 5) is 17.5. The fourth-order valence-corrected chi connectivity index (χ4v) is 3.19. The molecule has 0 aliphatic carbocycles. The molecule has 0 heterocycles. The van der Waals surface area contributed by atoms with Crippen LogP contribution in [0.3, 0.4) is 0 Å². The number of rotatable bonds is 14. The van der Waals surface area contributed by atoms with Crippen molar-refractivity contribution in [1.29, 1.82) is 0 Å². The summed E-state index contributed by atoms with van der Waals surface area (Å²) < 4.78 is 15.2. The molecular weight excluding hydrogens is 339 g/mol. The van der Waals surface area contributed by atoms with E-state index in [-0.39, 0.29) is 12.4 Å². The van der Waals surface area contributed by atoms with Crippen molar-refractivity contribution in [2.45, 2.75) is 84.2 Å². The third kappa shape index (κ3) is 11.4. The van der Waals surface area contributed by atoms with Gasteiger partial charge in [-0.2, -0.15) is 0 Å². The summed E-state index contributed by atoms with van der Waals surface area (Å²) in [5.74, 6) is 0.000253. The Morgan fingerprint density at radius 1 is 0.920 bits per heavy atom. The molecule has 0 fully saturated rings. The molecule has 6 heteroatoms. The smallest absolute Gasteiger partial charge is 0.469 e. The van der Waals surface area contributed by atoms with Gasteiger partial charge in [-0.15, -0.1) is 0 Å². The molecule has 1 aromatic rings. The largest absolute Gasteiger partial charge is 0.508 e. The molecule has 0 aromatic heterocycles. The van der Waals surface area contributed by atoms with Crippen molar-refractivity contribution in [1.82, 2.24) is 0 Å². The first-order valence-corrected chi connectivity index (χ1v) is 11.0. The van der Waals surface area contributed by atoms with E-state index in [4.69, 9.17) is 9.79 Å². The molecule has 3 N–H and O–H groups in total. The minimum atomic E-state index is -4.52. The number of phenolic OH excluding ortho intramolecular Hbond substituents is 1. The second kappa shape index (κ2) is 12.5. The highest BCUT2D eigenvalue weighted by Crippen LogP contribution is 2.38. The van der Waals surface area contributed by atoms with E-state index in [0.717, 1.165) is 18.4 Å². The summed E-state index contributed by atoms with van der Waals surface area (Å²) in [6.45, 7) is 1.95. The molecule has 1 aromatic carbocycles. The first kappa shape index (κ1) is 22.2. The Bertz CT molecular complexity index is 527. The third-order valence-corrected chi connectivity index (χ3v) is 4.82. The van der Waals surface area contributed by atoms with Crippen LogP contribution in [0.25, 0.3) is 0 Å². The van der Waals surface area contributed by atoms with E-state index in [1.165, 1.54) is 57.8 Å². The lowest BCUT2D eigenvalue weighted by Gasteiger charge is -2.09. The molecule has 0 aliphatic heterocycles. The number of unbranched alkanes of at least 4 members (excludes halogenated alkanes) is 9. The zero-order chi connectivity index (χ0) is 18.5. The summed E-state index contributed by atoms with van der Waals surface area (Å²) in [5.41, 5.74) is 1.47. The average Bonchev–Trinajstić information content (AvgIpc) is 2.56. The molecule has 0 spiro atoms. The monoisotopic (exact) mass is 372 g/mol. The fourth-order valence-electron chi connectivity index (χ4n) is 2.88. The Morgan fingerprint density at radius 3 is 2.04 bits per heavy atom. The van der Waals surface area contributed by atoms with Crippen LogP contribution in [0.5, 0.6) is 5.75 Å². The molecule has 5 nitrogen and oxygen atoms in total. The highest BCUT2D eigenvalue weighted by Gasteiger charge is 2.15. The SMILES string of the molecule is CCCCCCCCCCCCc1ccc(O)c(COP(=O)(O)O)c1. The number of phenols is 1. The molecule has 0 radical (unpaired) electrons. The van der Waals surface area contributed by atoms with Crippen LogP contribution in [0.2, 0.25) is 0 Å². The number of hydrogen-bond donors (Lipinski definition) is 3. The topological polar surface area (TPSA) is 87.0 Å². The van der Waals surface area contributed by atoms with Gasteiger partial charge >= 0.3 is 7.82 Å².